The largest absolute Gasteiger partial charge is 0.416 e. The molecule has 0 aliphatic heterocycles. The zero-order chi connectivity index (χ0) is 23.0. The van der Waals surface area contributed by atoms with Crippen molar-refractivity contribution in [3.63, 3.8) is 0 Å². The molecular formula is C27H57NO2Si. The van der Waals surface area contributed by atoms with E-state index in [2.05, 4.69) is 31.9 Å². The van der Waals surface area contributed by atoms with E-state index in [-0.39, 0.29) is 5.91 Å². The van der Waals surface area contributed by atoms with Crippen LogP contribution >= 0.6 is 0 Å². The summed E-state index contributed by atoms with van der Waals surface area (Å²) in [5, 5.41) is 2.97. The van der Waals surface area contributed by atoms with Crippen LogP contribution in [0.3, 0.4) is 0 Å². The Morgan fingerprint density at radius 3 is 1.32 bits per heavy atom. The highest BCUT2D eigenvalue weighted by atomic mass is 28.4. The van der Waals surface area contributed by atoms with E-state index in [0.717, 1.165) is 6.42 Å². The second-order valence-electron chi connectivity index (χ2n) is 10.4. The zero-order valence-corrected chi connectivity index (χ0v) is 22.9. The molecule has 0 bridgehead atoms. The SMILES string of the molecule is CCCCCCCCCCCCCCCCCCCCCC(=O)NCCO[Si](C)(C)C. The predicted molar refractivity (Wildman–Crippen MR) is 140 cm³/mol. The third-order valence-electron chi connectivity index (χ3n) is 5.97. The molecule has 1 amide bonds. The minimum atomic E-state index is -1.45. The van der Waals surface area contributed by atoms with E-state index in [4.69, 9.17) is 4.43 Å². The number of unbranched alkanes of at least 4 members (excludes halogenated alkanes) is 18. The molecule has 0 saturated heterocycles. The van der Waals surface area contributed by atoms with Crippen molar-refractivity contribution < 1.29 is 9.22 Å². The molecule has 0 aromatic rings. The average molecular weight is 456 g/mol. The fraction of sp³-hybridized carbons (Fsp3) is 0.963. The molecule has 0 radical (unpaired) electrons. The van der Waals surface area contributed by atoms with Gasteiger partial charge in [-0.1, -0.05) is 122 Å². The maximum atomic E-state index is 11.8. The van der Waals surface area contributed by atoms with E-state index in [1.165, 1.54) is 116 Å². The molecule has 0 unspecified atom stereocenters. The van der Waals surface area contributed by atoms with Crippen molar-refractivity contribution >= 4 is 14.2 Å². The van der Waals surface area contributed by atoms with E-state index in [0.29, 0.717) is 19.6 Å². The van der Waals surface area contributed by atoms with E-state index < -0.39 is 8.32 Å². The fourth-order valence-electron chi connectivity index (χ4n) is 4.00. The van der Waals surface area contributed by atoms with Crippen LogP contribution in [0.25, 0.3) is 0 Å². The number of carbonyl (C=O) groups excluding carboxylic acids is 1. The highest BCUT2D eigenvalue weighted by Crippen LogP contribution is 2.14. The summed E-state index contributed by atoms with van der Waals surface area (Å²) >= 11 is 0. The van der Waals surface area contributed by atoms with Gasteiger partial charge in [0.25, 0.3) is 0 Å². The Labute approximate surface area is 197 Å². The maximum Gasteiger partial charge on any atom is 0.220 e. The van der Waals surface area contributed by atoms with Gasteiger partial charge in [0.1, 0.15) is 0 Å². The van der Waals surface area contributed by atoms with Crippen molar-refractivity contribution in [1.82, 2.24) is 5.32 Å². The fourth-order valence-corrected chi connectivity index (χ4v) is 4.71. The van der Waals surface area contributed by atoms with Gasteiger partial charge in [-0.3, -0.25) is 4.79 Å². The molecule has 0 fully saturated rings. The van der Waals surface area contributed by atoms with Crippen LogP contribution in [-0.4, -0.2) is 27.4 Å². The third kappa shape index (κ3) is 27.6. The van der Waals surface area contributed by atoms with Gasteiger partial charge in [-0.05, 0) is 26.1 Å². The summed E-state index contributed by atoms with van der Waals surface area (Å²) in [4.78, 5) is 11.8. The lowest BCUT2D eigenvalue weighted by molar-refractivity contribution is -0.121. The number of rotatable bonds is 24. The molecule has 3 nitrogen and oxygen atoms in total. The molecule has 0 aliphatic carbocycles. The molecule has 1 N–H and O–H groups in total. The van der Waals surface area contributed by atoms with Crippen molar-refractivity contribution in [2.75, 3.05) is 13.2 Å². The van der Waals surface area contributed by atoms with Gasteiger partial charge in [-0.2, -0.15) is 0 Å². The first-order chi connectivity index (χ1) is 15.0. The third-order valence-corrected chi connectivity index (χ3v) is 7.04. The van der Waals surface area contributed by atoms with Crippen LogP contribution in [0.4, 0.5) is 0 Å². The standard InChI is InChI=1S/C27H57NO2Si/c1-5-6-7-8-9-10-11-12-13-14-15-16-17-18-19-20-21-22-23-24-27(29)28-25-26-30-31(2,3)4/h5-26H2,1-4H3,(H,28,29). The Balaban J connectivity index is 3.14. The number of hydrogen-bond donors (Lipinski definition) is 1. The Bertz CT molecular complexity index is 382. The highest BCUT2D eigenvalue weighted by molar-refractivity contribution is 6.69. The minimum absolute atomic E-state index is 0.186. The summed E-state index contributed by atoms with van der Waals surface area (Å²) in [5.74, 6) is 0.186. The molecule has 186 valence electrons. The lowest BCUT2D eigenvalue weighted by Gasteiger charge is -2.17. The summed E-state index contributed by atoms with van der Waals surface area (Å²) in [6.07, 6.45) is 27.0. The van der Waals surface area contributed by atoms with Crippen molar-refractivity contribution in [2.45, 2.75) is 155 Å². The van der Waals surface area contributed by atoms with Crippen LogP contribution < -0.4 is 5.32 Å². The maximum absolute atomic E-state index is 11.8. The van der Waals surface area contributed by atoms with Gasteiger partial charge in [-0.25, -0.2) is 0 Å². The first kappa shape index (κ1) is 30.6. The highest BCUT2D eigenvalue weighted by Gasteiger charge is 2.13. The van der Waals surface area contributed by atoms with E-state index in [1.807, 2.05) is 0 Å². The van der Waals surface area contributed by atoms with Crippen LogP contribution in [-0.2, 0) is 9.22 Å². The lowest BCUT2D eigenvalue weighted by Crippen LogP contribution is -2.32. The van der Waals surface area contributed by atoms with Crippen LogP contribution in [0, 0.1) is 0 Å². The average Bonchev–Trinajstić information content (AvgIpc) is 2.72. The van der Waals surface area contributed by atoms with Gasteiger partial charge in [0.2, 0.25) is 5.91 Å². The molecule has 4 heteroatoms. The molecule has 0 spiro atoms. The number of carbonyl (C=O) groups is 1. The predicted octanol–water partition coefficient (Wildman–Crippen LogP) is 8.78. The first-order valence-corrected chi connectivity index (χ1v) is 17.3. The number of hydrogen-bond acceptors (Lipinski definition) is 2. The summed E-state index contributed by atoms with van der Waals surface area (Å²) in [5.41, 5.74) is 0. The summed E-state index contributed by atoms with van der Waals surface area (Å²) in [6, 6.07) is 0. The summed E-state index contributed by atoms with van der Waals surface area (Å²) in [6.45, 7) is 10.1. The molecule has 0 atom stereocenters. The monoisotopic (exact) mass is 455 g/mol. The van der Waals surface area contributed by atoms with Crippen LogP contribution in [0.2, 0.25) is 19.6 Å². The second-order valence-corrected chi connectivity index (χ2v) is 14.9. The number of amides is 1. The Morgan fingerprint density at radius 1 is 0.613 bits per heavy atom. The first-order valence-electron chi connectivity index (χ1n) is 13.9. The molecular weight excluding hydrogens is 398 g/mol. The Kier molecular flexibility index (Phi) is 22.6. The second kappa shape index (κ2) is 22.8. The smallest absolute Gasteiger partial charge is 0.220 e. The van der Waals surface area contributed by atoms with Gasteiger partial charge in [0.15, 0.2) is 8.32 Å². The van der Waals surface area contributed by atoms with Crippen molar-refractivity contribution in [2.24, 2.45) is 0 Å². The molecule has 0 heterocycles. The van der Waals surface area contributed by atoms with Gasteiger partial charge < -0.3 is 9.74 Å². The molecule has 0 aromatic heterocycles. The van der Waals surface area contributed by atoms with Crippen LogP contribution in [0.1, 0.15) is 135 Å². The summed E-state index contributed by atoms with van der Waals surface area (Å²) in [7, 11) is -1.45. The molecule has 0 rings (SSSR count). The zero-order valence-electron chi connectivity index (χ0n) is 21.9. The van der Waals surface area contributed by atoms with Crippen molar-refractivity contribution in [3.05, 3.63) is 0 Å². The van der Waals surface area contributed by atoms with Gasteiger partial charge in [0.05, 0.1) is 6.61 Å². The van der Waals surface area contributed by atoms with Crippen LogP contribution in [0.15, 0.2) is 0 Å². The van der Waals surface area contributed by atoms with Crippen molar-refractivity contribution in [3.8, 4) is 0 Å². The molecule has 31 heavy (non-hydrogen) atoms. The Morgan fingerprint density at radius 2 is 0.968 bits per heavy atom. The minimum Gasteiger partial charge on any atom is -0.416 e. The van der Waals surface area contributed by atoms with Gasteiger partial charge in [-0.15, -0.1) is 0 Å². The quantitative estimate of drug-likeness (QED) is 0.117. The normalized spacial score (nSPS) is 11.7. The lowest BCUT2D eigenvalue weighted by atomic mass is 10.0. The van der Waals surface area contributed by atoms with E-state index in [1.54, 1.807) is 0 Å². The number of nitrogens with one attached hydrogen (secondary N) is 1. The van der Waals surface area contributed by atoms with Gasteiger partial charge >= 0.3 is 0 Å². The van der Waals surface area contributed by atoms with Crippen molar-refractivity contribution in [1.29, 1.82) is 0 Å². The van der Waals surface area contributed by atoms with Crippen LogP contribution in [0.5, 0.6) is 0 Å². The summed E-state index contributed by atoms with van der Waals surface area (Å²) < 4.78 is 5.75. The Hall–Kier alpha value is -0.353. The van der Waals surface area contributed by atoms with Gasteiger partial charge in [0, 0.05) is 13.0 Å². The topological polar surface area (TPSA) is 38.3 Å². The van der Waals surface area contributed by atoms with E-state index in [9.17, 15) is 4.79 Å². The molecule has 0 aliphatic rings. The van der Waals surface area contributed by atoms with E-state index >= 15 is 0 Å². The molecule has 0 saturated carbocycles. The molecule has 0 aromatic carbocycles.